The Balaban J connectivity index is 0.000000640. The molecule has 0 aromatic heterocycles. The molecule has 0 heterocycles. The van der Waals surface area contributed by atoms with Gasteiger partial charge in [0.15, 0.2) is 0 Å². The third-order valence-electron chi connectivity index (χ3n) is 0.845. The van der Waals surface area contributed by atoms with Crippen LogP contribution in [0.2, 0.25) is 0 Å². The first-order chi connectivity index (χ1) is 3.80. The average molecular weight is 260 g/mol. The van der Waals surface area contributed by atoms with Crippen molar-refractivity contribution in [2.75, 3.05) is 5.73 Å². The summed E-state index contributed by atoms with van der Waals surface area (Å²) in [6.07, 6.45) is 0. The third-order valence-corrected chi connectivity index (χ3v) is 1.53. The molecule has 1 rings (SSSR count). The van der Waals surface area contributed by atoms with Crippen molar-refractivity contribution in [3.05, 3.63) is 28.7 Å². The largest absolute Gasteiger partial charge is 0.418 e. The van der Waals surface area contributed by atoms with Crippen LogP contribution in [0.3, 0.4) is 0 Å². The van der Waals surface area contributed by atoms with E-state index in [1.165, 1.54) is 0 Å². The number of halogens is 1. The normalized spacial score (nSPS) is 8.11. The molecule has 0 aliphatic rings. The van der Waals surface area contributed by atoms with Crippen molar-refractivity contribution in [1.29, 1.82) is 0 Å². The summed E-state index contributed by atoms with van der Waals surface area (Å²) in [5.74, 6) is 0. The molecular formula is C6H5BrNY-. The molecule has 0 spiro atoms. The third kappa shape index (κ3) is 2.79. The standard InChI is InChI=1S/C6H5BrN.Y/c7-5-3-1-2-4-6(5)8;/h2-4H,8H2;/q-1;. The Bertz CT molecular complexity index is 169. The Morgan fingerprint density at radius 1 is 1.56 bits per heavy atom. The Hall–Kier alpha value is 0.604. The maximum Gasteiger partial charge on any atom is 0 e. The van der Waals surface area contributed by atoms with E-state index in [4.69, 9.17) is 5.73 Å². The van der Waals surface area contributed by atoms with Crippen LogP contribution in [0.4, 0.5) is 5.69 Å². The van der Waals surface area contributed by atoms with Crippen LogP contribution in [0.25, 0.3) is 0 Å². The molecule has 1 aromatic rings. The van der Waals surface area contributed by atoms with Gasteiger partial charge in [-0.25, -0.2) is 0 Å². The number of nitrogen functional groups attached to an aromatic ring is 1. The predicted molar refractivity (Wildman–Crippen MR) is 37.4 cm³/mol. The number of hydrogen-bond donors (Lipinski definition) is 1. The van der Waals surface area contributed by atoms with Gasteiger partial charge in [0.05, 0.1) is 0 Å². The predicted octanol–water partition coefficient (Wildman–Crippen LogP) is 1.83. The number of nitrogens with two attached hydrogens (primary N) is 1. The molecule has 0 unspecified atom stereocenters. The SMILES string of the molecule is Nc1cc[c-]cc1Br.[Y]. The molecule has 3 heteroatoms. The van der Waals surface area contributed by atoms with Crippen LogP contribution in [-0.4, -0.2) is 0 Å². The summed E-state index contributed by atoms with van der Waals surface area (Å²) < 4.78 is 0.903. The van der Waals surface area contributed by atoms with Crippen molar-refractivity contribution in [3.63, 3.8) is 0 Å². The summed E-state index contributed by atoms with van der Waals surface area (Å²) in [4.78, 5) is 0. The molecule has 9 heavy (non-hydrogen) atoms. The molecule has 0 saturated carbocycles. The minimum Gasteiger partial charge on any atom is -0.418 e. The molecule has 0 atom stereocenters. The van der Waals surface area contributed by atoms with Crippen molar-refractivity contribution in [1.82, 2.24) is 0 Å². The second kappa shape index (κ2) is 4.42. The average Bonchev–Trinajstić information content (AvgIpc) is 1.77. The fourth-order valence-corrected chi connectivity index (χ4v) is 0.686. The van der Waals surface area contributed by atoms with Crippen LogP contribution in [0.5, 0.6) is 0 Å². The van der Waals surface area contributed by atoms with Gasteiger partial charge in [-0.1, -0.05) is 10.2 Å². The van der Waals surface area contributed by atoms with E-state index in [0.29, 0.717) is 0 Å². The van der Waals surface area contributed by atoms with Crippen LogP contribution in [0, 0.1) is 6.07 Å². The fourth-order valence-electron chi connectivity index (χ4n) is 0.422. The summed E-state index contributed by atoms with van der Waals surface area (Å²) in [6.45, 7) is 0. The fraction of sp³-hybridized carbons (Fsp3) is 0. The van der Waals surface area contributed by atoms with Gasteiger partial charge < -0.3 is 5.73 Å². The molecule has 2 N–H and O–H groups in total. The van der Waals surface area contributed by atoms with Gasteiger partial charge in [0.1, 0.15) is 0 Å². The van der Waals surface area contributed by atoms with Gasteiger partial charge in [-0.15, -0.1) is 22.0 Å². The van der Waals surface area contributed by atoms with Crippen molar-refractivity contribution in [2.45, 2.75) is 0 Å². The van der Waals surface area contributed by atoms with Gasteiger partial charge in [0, 0.05) is 32.7 Å². The molecule has 45 valence electrons. The van der Waals surface area contributed by atoms with Crippen LogP contribution < -0.4 is 5.73 Å². The van der Waals surface area contributed by atoms with E-state index in [9.17, 15) is 0 Å². The number of hydrogen-bond acceptors (Lipinski definition) is 1. The van der Waals surface area contributed by atoms with E-state index < -0.39 is 0 Å². The zero-order valence-electron chi connectivity index (χ0n) is 4.76. The summed E-state index contributed by atoms with van der Waals surface area (Å²) in [5, 5.41) is 0. The van der Waals surface area contributed by atoms with E-state index in [-0.39, 0.29) is 32.7 Å². The van der Waals surface area contributed by atoms with Crippen molar-refractivity contribution in [3.8, 4) is 0 Å². The van der Waals surface area contributed by atoms with E-state index in [1.54, 1.807) is 18.2 Å². The molecule has 1 aromatic carbocycles. The topological polar surface area (TPSA) is 26.0 Å². The number of rotatable bonds is 0. The van der Waals surface area contributed by atoms with Crippen molar-refractivity contribution >= 4 is 21.6 Å². The van der Waals surface area contributed by atoms with Crippen molar-refractivity contribution in [2.24, 2.45) is 0 Å². The second-order valence-corrected chi connectivity index (χ2v) is 2.30. The van der Waals surface area contributed by atoms with Gasteiger partial charge in [0.25, 0.3) is 0 Å². The van der Waals surface area contributed by atoms with Crippen LogP contribution >= 0.6 is 15.9 Å². The Labute approximate surface area is 88.0 Å². The molecule has 1 radical (unpaired) electrons. The van der Waals surface area contributed by atoms with Gasteiger partial charge in [-0.2, -0.15) is 18.2 Å². The zero-order valence-corrected chi connectivity index (χ0v) is 9.19. The number of anilines is 1. The molecule has 0 amide bonds. The summed E-state index contributed by atoms with van der Waals surface area (Å²) in [5.41, 5.74) is 6.21. The minimum atomic E-state index is 0. The van der Waals surface area contributed by atoms with Crippen LogP contribution in [0.15, 0.2) is 22.7 Å². The maximum atomic E-state index is 5.45. The Kier molecular flexibility index (Phi) is 4.72. The summed E-state index contributed by atoms with van der Waals surface area (Å²) >= 11 is 3.24. The quantitative estimate of drug-likeness (QED) is 0.558. The smallest absolute Gasteiger partial charge is 0 e. The second-order valence-electron chi connectivity index (χ2n) is 1.45. The zero-order chi connectivity index (χ0) is 5.98. The Morgan fingerprint density at radius 2 is 2.22 bits per heavy atom. The first kappa shape index (κ1) is 9.60. The minimum absolute atomic E-state index is 0. The van der Waals surface area contributed by atoms with Crippen LogP contribution in [0.1, 0.15) is 0 Å². The maximum absolute atomic E-state index is 5.45. The summed E-state index contributed by atoms with van der Waals surface area (Å²) in [7, 11) is 0. The molecule has 1 nitrogen and oxygen atoms in total. The molecule has 0 aliphatic carbocycles. The number of benzene rings is 1. The van der Waals surface area contributed by atoms with Gasteiger partial charge in [-0.3, -0.25) is 0 Å². The molecular weight excluding hydrogens is 255 g/mol. The molecule has 0 bridgehead atoms. The van der Waals surface area contributed by atoms with Gasteiger partial charge in [0.2, 0.25) is 0 Å². The van der Waals surface area contributed by atoms with Crippen LogP contribution in [-0.2, 0) is 32.7 Å². The molecule has 0 saturated heterocycles. The first-order valence-corrected chi connectivity index (χ1v) is 3.01. The van der Waals surface area contributed by atoms with E-state index >= 15 is 0 Å². The van der Waals surface area contributed by atoms with E-state index in [0.717, 1.165) is 10.2 Å². The van der Waals surface area contributed by atoms with Gasteiger partial charge in [-0.05, 0) is 0 Å². The first-order valence-electron chi connectivity index (χ1n) is 2.22. The molecule has 0 aliphatic heterocycles. The van der Waals surface area contributed by atoms with Crippen molar-refractivity contribution < 1.29 is 32.7 Å². The van der Waals surface area contributed by atoms with Gasteiger partial charge >= 0.3 is 0 Å². The molecule has 0 fully saturated rings. The Morgan fingerprint density at radius 3 is 2.56 bits per heavy atom. The monoisotopic (exact) mass is 259 g/mol. The van der Waals surface area contributed by atoms with E-state index in [1.807, 2.05) is 0 Å². The summed E-state index contributed by atoms with van der Waals surface area (Å²) in [6, 6.07) is 8.24. The van der Waals surface area contributed by atoms with E-state index in [2.05, 4.69) is 22.0 Å².